The van der Waals surface area contributed by atoms with Crippen LogP contribution in [0.15, 0.2) is 0 Å². The zero-order chi connectivity index (χ0) is 15.0. The third-order valence-electron chi connectivity index (χ3n) is 3.00. The second kappa shape index (κ2) is 5.18. The Labute approximate surface area is 109 Å². The Bertz CT molecular complexity index is 573. The average Bonchev–Trinajstić information content (AvgIpc) is 2.43. The predicted octanol–water partition coefficient (Wildman–Crippen LogP) is 2.23. The molecule has 1 saturated heterocycles. The summed E-state index contributed by atoms with van der Waals surface area (Å²) in [6, 6.07) is -1.29. The van der Waals surface area contributed by atoms with E-state index in [-0.39, 0.29) is 19.3 Å². The SMILES string of the molecule is O=C1CCCC(C(=O)c2c(F)c(F)c(F)c(F)c2F)N1. The van der Waals surface area contributed by atoms with Gasteiger partial charge >= 0.3 is 0 Å². The fraction of sp³-hybridized carbons (Fsp3) is 0.333. The molecule has 1 amide bonds. The van der Waals surface area contributed by atoms with Gasteiger partial charge < -0.3 is 5.32 Å². The number of piperidine rings is 1. The van der Waals surface area contributed by atoms with Gasteiger partial charge in [0.05, 0.1) is 11.6 Å². The predicted molar refractivity (Wildman–Crippen MR) is 56.3 cm³/mol. The van der Waals surface area contributed by atoms with E-state index in [0.29, 0.717) is 0 Å². The summed E-state index contributed by atoms with van der Waals surface area (Å²) >= 11 is 0. The Kier molecular flexibility index (Phi) is 3.74. The third kappa shape index (κ3) is 2.25. The van der Waals surface area contributed by atoms with Gasteiger partial charge in [-0.1, -0.05) is 0 Å². The Morgan fingerprint density at radius 2 is 1.45 bits per heavy atom. The molecule has 0 saturated carbocycles. The summed E-state index contributed by atoms with van der Waals surface area (Å²) in [7, 11) is 0. The van der Waals surface area contributed by atoms with Gasteiger partial charge in [-0.25, -0.2) is 22.0 Å². The maximum absolute atomic E-state index is 13.5. The van der Waals surface area contributed by atoms with E-state index in [1.807, 2.05) is 0 Å². The number of benzene rings is 1. The van der Waals surface area contributed by atoms with Crippen LogP contribution in [-0.2, 0) is 4.79 Å². The lowest BCUT2D eigenvalue weighted by molar-refractivity contribution is -0.122. The topological polar surface area (TPSA) is 46.2 Å². The van der Waals surface area contributed by atoms with Crippen LogP contribution in [0.1, 0.15) is 29.6 Å². The van der Waals surface area contributed by atoms with Gasteiger partial charge in [-0.3, -0.25) is 9.59 Å². The molecular weight excluding hydrogens is 285 g/mol. The number of carbonyl (C=O) groups is 2. The van der Waals surface area contributed by atoms with E-state index < -0.39 is 52.4 Å². The highest BCUT2D eigenvalue weighted by Gasteiger charge is 2.34. The van der Waals surface area contributed by atoms with Gasteiger partial charge in [0.25, 0.3) is 0 Å². The maximum Gasteiger partial charge on any atom is 0.220 e. The van der Waals surface area contributed by atoms with Crippen molar-refractivity contribution in [1.29, 1.82) is 0 Å². The van der Waals surface area contributed by atoms with Crippen LogP contribution in [0.4, 0.5) is 22.0 Å². The first-order valence-corrected chi connectivity index (χ1v) is 5.69. The zero-order valence-electron chi connectivity index (χ0n) is 9.90. The first-order chi connectivity index (χ1) is 9.34. The zero-order valence-corrected chi connectivity index (χ0v) is 9.90. The third-order valence-corrected chi connectivity index (χ3v) is 3.00. The van der Waals surface area contributed by atoms with Crippen molar-refractivity contribution in [2.45, 2.75) is 25.3 Å². The minimum Gasteiger partial charge on any atom is -0.346 e. The number of hydrogen-bond acceptors (Lipinski definition) is 2. The van der Waals surface area contributed by atoms with E-state index in [1.54, 1.807) is 0 Å². The largest absolute Gasteiger partial charge is 0.346 e. The van der Waals surface area contributed by atoms with Crippen molar-refractivity contribution in [2.24, 2.45) is 0 Å². The van der Waals surface area contributed by atoms with Crippen LogP contribution < -0.4 is 5.32 Å². The normalized spacial score (nSPS) is 18.9. The molecule has 1 unspecified atom stereocenters. The van der Waals surface area contributed by atoms with Crippen LogP contribution >= 0.6 is 0 Å². The lowest BCUT2D eigenvalue weighted by atomic mass is 9.95. The molecule has 8 heteroatoms. The van der Waals surface area contributed by atoms with Gasteiger partial charge in [0.1, 0.15) is 0 Å². The molecule has 3 nitrogen and oxygen atoms in total. The smallest absolute Gasteiger partial charge is 0.220 e. The van der Waals surface area contributed by atoms with Crippen LogP contribution in [0.3, 0.4) is 0 Å². The number of carbonyl (C=O) groups excluding carboxylic acids is 2. The fourth-order valence-electron chi connectivity index (χ4n) is 2.00. The minimum absolute atomic E-state index is 0.0735. The summed E-state index contributed by atoms with van der Waals surface area (Å²) < 4.78 is 65.8. The van der Waals surface area contributed by atoms with E-state index in [0.717, 1.165) is 0 Å². The molecule has 1 aliphatic rings. The van der Waals surface area contributed by atoms with Gasteiger partial charge in [-0.2, -0.15) is 0 Å². The first kappa shape index (κ1) is 14.4. The van der Waals surface area contributed by atoms with Gasteiger partial charge in [0, 0.05) is 6.42 Å². The van der Waals surface area contributed by atoms with Gasteiger partial charge in [0.2, 0.25) is 11.7 Å². The van der Waals surface area contributed by atoms with E-state index >= 15 is 0 Å². The average molecular weight is 293 g/mol. The van der Waals surface area contributed by atoms with Gasteiger partial charge in [0.15, 0.2) is 29.1 Å². The quantitative estimate of drug-likeness (QED) is 0.393. The molecule has 20 heavy (non-hydrogen) atoms. The van der Waals surface area contributed by atoms with Crippen molar-refractivity contribution in [3.8, 4) is 0 Å². The number of hydrogen-bond donors (Lipinski definition) is 1. The number of amides is 1. The molecule has 0 aromatic heterocycles. The monoisotopic (exact) mass is 293 g/mol. The lowest BCUT2D eigenvalue weighted by Crippen LogP contribution is -2.44. The highest BCUT2D eigenvalue weighted by Crippen LogP contribution is 2.25. The molecule has 1 N–H and O–H groups in total. The molecule has 1 atom stereocenters. The molecule has 1 aliphatic heterocycles. The summed E-state index contributed by atoms with van der Waals surface area (Å²) in [5.41, 5.74) is -1.52. The van der Waals surface area contributed by atoms with E-state index in [1.165, 1.54) is 0 Å². The molecule has 1 heterocycles. The molecule has 1 aromatic rings. The summed E-state index contributed by atoms with van der Waals surface area (Å²) in [6.07, 6.45) is 0.503. The fourth-order valence-corrected chi connectivity index (χ4v) is 2.00. The Morgan fingerprint density at radius 3 is 1.95 bits per heavy atom. The number of Topliss-reactive ketones (excluding diaryl/α,β-unsaturated/α-hetero) is 1. The molecule has 0 spiro atoms. The molecule has 1 aromatic carbocycles. The maximum atomic E-state index is 13.5. The Morgan fingerprint density at radius 1 is 0.950 bits per heavy atom. The molecule has 2 rings (SSSR count). The Balaban J connectivity index is 2.47. The van der Waals surface area contributed by atoms with Crippen LogP contribution in [0.5, 0.6) is 0 Å². The number of halogens is 5. The molecule has 0 aliphatic carbocycles. The molecule has 0 bridgehead atoms. The first-order valence-electron chi connectivity index (χ1n) is 5.69. The van der Waals surface area contributed by atoms with Gasteiger partial charge in [-0.15, -0.1) is 0 Å². The van der Waals surface area contributed by atoms with Crippen LogP contribution in [0.25, 0.3) is 0 Å². The van der Waals surface area contributed by atoms with E-state index in [4.69, 9.17) is 0 Å². The van der Waals surface area contributed by atoms with Gasteiger partial charge in [-0.05, 0) is 12.8 Å². The standard InChI is InChI=1S/C12H8F5NO2/c13-7-6(8(14)10(16)11(17)9(7)15)12(20)4-2-1-3-5(19)18-4/h4H,1-3H2,(H,18,19). The Hall–Kier alpha value is -1.99. The number of nitrogens with one attached hydrogen (secondary N) is 1. The molecule has 108 valence electrons. The van der Waals surface area contributed by atoms with E-state index in [2.05, 4.69) is 5.32 Å². The van der Waals surface area contributed by atoms with Crippen LogP contribution in [0, 0.1) is 29.1 Å². The van der Waals surface area contributed by atoms with Crippen LogP contribution in [-0.4, -0.2) is 17.7 Å². The molecule has 0 radical (unpaired) electrons. The van der Waals surface area contributed by atoms with Crippen molar-refractivity contribution in [1.82, 2.24) is 5.32 Å². The second-order valence-electron chi connectivity index (χ2n) is 4.32. The second-order valence-corrected chi connectivity index (χ2v) is 4.32. The van der Waals surface area contributed by atoms with Crippen molar-refractivity contribution < 1.29 is 31.5 Å². The highest BCUT2D eigenvalue weighted by molar-refractivity contribution is 6.02. The number of rotatable bonds is 2. The van der Waals surface area contributed by atoms with Crippen molar-refractivity contribution in [3.63, 3.8) is 0 Å². The molecule has 1 fully saturated rings. The number of ketones is 1. The summed E-state index contributed by atoms with van der Waals surface area (Å²) in [5.74, 6) is -12.9. The molecular formula is C12H8F5NO2. The summed E-state index contributed by atoms with van der Waals surface area (Å²) in [5, 5.41) is 2.16. The van der Waals surface area contributed by atoms with Crippen molar-refractivity contribution in [3.05, 3.63) is 34.6 Å². The van der Waals surface area contributed by atoms with Crippen LogP contribution in [0.2, 0.25) is 0 Å². The minimum atomic E-state index is -2.33. The van der Waals surface area contributed by atoms with Crippen molar-refractivity contribution in [2.75, 3.05) is 0 Å². The van der Waals surface area contributed by atoms with Crippen molar-refractivity contribution >= 4 is 11.7 Å². The summed E-state index contributed by atoms with van der Waals surface area (Å²) in [6.45, 7) is 0. The highest BCUT2D eigenvalue weighted by atomic mass is 19.2. The van der Waals surface area contributed by atoms with E-state index in [9.17, 15) is 31.5 Å². The lowest BCUT2D eigenvalue weighted by Gasteiger charge is -2.22. The summed E-state index contributed by atoms with van der Waals surface area (Å²) in [4.78, 5) is 23.0.